The molecule has 1 aliphatic heterocycles. The smallest absolute Gasteiger partial charge is 0.0613 e. The van der Waals surface area contributed by atoms with E-state index >= 15 is 0 Å². The molecule has 1 aromatic rings. The van der Waals surface area contributed by atoms with Crippen LogP contribution in [0.25, 0.3) is 0 Å². The Morgan fingerprint density at radius 3 is 2.73 bits per heavy atom. The first-order valence-corrected chi connectivity index (χ1v) is 5.93. The molecular formula is C14H18O. The third-order valence-electron chi connectivity index (χ3n) is 4.06. The van der Waals surface area contributed by atoms with E-state index in [-0.39, 0.29) is 0 Å². The van der Waals surface area contributed by atoms with Crippen LogP contribution in [0, 0.1) is 11.3 Å². The standard InChI is InChI=1S/C14H18O/c1-14-9-12(14)13(15-10-14)8-7-11-5-3-2-4-6-11/h2-6,12-13H,7-10H2,1H3/t12-,13+,14+/m0/s1. The normalized spacial score (nSPS) is 37.7. The first-order chi connectivity index (χ1) is 7.28. The van der Waals surface area contributed by atoms with E-state index in [0.29, 0.717) is 11.5 Å². The van der Waals surface area contributed by atoms with Gasteiger partial charge in [-0.2, -0.15) is 0 Å². The zero-order chi connectivity index (χ0) is 10.3. The molecule has 1 saturated heterocycles. The van der Waals surface area contributed by atoms with Gasteiger partial charge in [-0.3, -0.25) is 0 Å². The van der Waals surface area contributed by atoms with Crippen molar-refractivity contribution in [3.05, 3.63) is 35.9 Å². The van der Waals surface area contributed by atoms with Crippen LogP contribution in [0.1, 0.15) is 25.3 Å². The summed E-state index contributed by atoms with van der Waals surface area (Å²) in [6.45, 7) is 3.36. The van der Waals surface area contributed by atoms with Gasteiger partial charge >= 0.3 is 0 Å². The predicted molar refractivity (Wildman–Crippen MR) is 60.7 cm³/mol. The van der Waals surface area contributed by atoms with Gasteiger partial charge in [0.1, 0.15) is 0 Å². The molecule has 1 nitrogen and oxygen atoms in total. The summed E-state index contributed by atoms with van der Waals surface area (Å²) in [6, 6.07) is 10.7. The number of hydrogen-bond donors (Lipinski definition) is 0. The van der Waals surface area contributed by atoms with Crippen molar-refractivity contribution < 1.29 is 4.74 Å². The molecule has 1 aliphatic carbocycles. The summed E-state index contributed by atoms with van der Waals surface area (Å²) in [7, 11) is 0. The quantitative estimate of drug-likeness (QED) is 0.732. The van der Waals surface area contributed by atoms with Crippen molar-refractivity contribution in [3.8, 4) is 0 Å². The average molecular weight is 202 g/mol. The first kappa shape index (κ1) is 9.41. The molecule has 0 N–H and O–H groups in total. The van der Waals surface area contributed by atoms with Crippen LogP contribution < -0.4 is 0 Å². The molecule has 1 saturated carbocycles. The Balaban J connectivity index is 1.55. The van der Waals surface area contributed by atoms with Crippen LogP contribution in [0.2, 0.25) is 0 Å². The summed E-state index contributed by atoms with van der Waals surface area (Å²) in [5.41, 5.74) is 2.00. The topological polar surface area (TPSA) is 9.23 Å². The third kappa shape index (κ3) is 1.69. The minimum absolute atomic E-state index is 0.537. The molecule has 0 amide bonds. The van der Waals surface area contributed by atoms with Crippen LogP contribution >= 0.6 is 0 Å². The lowest BCUT2D eigenvalue weighted by Gasteiger charge is -2.11. The van der Waals surface area contributed by atoms with Gasteiger partial charge < -0.3 is 4.74 Å². The predicted octanol–water partition coefficient (Wildman–Crippen LogP) is 3.04. The highest BCUT2D eigenvalue weighted by Gasteiger charge is 2.59. The van der Waals surface area contributed by atoms with Gasteiger partial charge in [0, 0.05) is 0 Å². The number of ether oxygens (including phenoxy) is 1. The van der Waals surface area contributed by atoms with E-state index in [1.54, 1.807) is 0 Å². The van der Waals surface area contributed by atoms with Crippen molar-refractivity contribution in [2.75, 3.05) is 6.61 Å². The second-order valence-electron chi connectivity index (χ2n) is 5.34. The maximum Gasteiger partial charge on any atom is 0.0613 e. The highest BCUT2D eigenvalue weighted by molar-refractivity contribution is 5.15. The molecule has 1 heteroatoms. The lowest BCUT2D eigenvalue weighted by Crippen LogP contribution is -2.11. The monoisotopic (exact) mass is 202 g/mol. The van der Waals surface area contributed by atoms with Gasteiger partial charge in [0.2, 0.25) is 0 Å². The number of benzene rings is 1. The average Bonchev–Trinajstić information content (AvgIpc) is 2.84. The van der Waals surface area contributed by atoms with Crippen molar-refractivity contribution >= 4 is 0 Å². The maximum atomic E-state index is 5.84. The van der Waals surface area contributed by atoms with Gasteiger partial charge in [0.15, 0.2) is 0 Å². The molecule has 1 aromatic carbocycles. The van der Waals surface area contributed by atoms with Crippen molar-refractivity contribution in [1.82, 2.24) is 0 Å². The van der Waals surface area contributed by atoms with Gasteiger partial charge in [-0.1, -0.05) is 37.3 Å². The number of rotatable bonds is 3. The van der Waals surface area contributed by atoms with Crippen LogP contribution in [0.3, 0.4) is 0 Å². The molecule has 2 fully saturated rings. The largest absolute Gasteiger partial charge is 0.377 e. The van der Waals surface area contributed by atoms with Crippen LogP contribution in [0.15, 0.2) is 30.3 Å². The summed E-state index contributed by atoms with van der Waals surface area (Å²) < 4.78 is 5.84. The Labute approximate surface area is 91.5 Å². The summed E-state index contributed by atoms with van der Waals surface area (Å²) in [5.74, 6) is 0.862. The fraction of sp³-hybridized carbons (Fsp3) is 0.571. The lowest BCUT2D eigenvalue weighted by molar-refractivity contribution is 0.0670. The van der Waals surface area contributed by atoms with Crippen molar-refractivity contribution in [2.45, 2.75) is 32.3 Å². The molecule has 15 heavy (non-hydrogen) atoms. The number of aryl methyl sites for hydroxylation is 1. The molecule has 80 valence electrons. The van der Waals surface area contributed by atoms with Crippen molar-refractivity contribution in [3.63, 3.8) is 0 Å². The molecule has 1 heterocycles. The molecule has 0 bridgehead atoms. The summed E-state index contributed by atoms with van der Waals surface area (Å²) in [5, 5.41) is 0. The van der Waals surface area contributed by atoms with Crippen LogP contribution in [-0.2, 0) is 11.2 Å². The Kier molecular flexibility index (Phi) is 2.10. The van der Waals surface area contributed by atoms with Gasteiger partial charge in [-0.05, 0) is 36.2 Å². The fourth-order valence-electron chi connectivity index (χ4n) is 2.84. The van der Waals surface area contributed by atoms with E-state index in [1.165, 1.54) is 18.4 Å². The van der Waals surface area contributed by atoms with Crippen molar-refractivity contribution in [1.29, 1.82) is 0 Å². The molecule has 3 atom stereocenters. The second-order valence-corrected chi connectivity index (χ2v) is 5.34. The van der Waals surface area contributed by atoms with Gasteiger partial charge in [-0.25, -0.2) is 0 Å². The number of hydrogen-bond acceptors (Lipinski definition) is 1. The molecular weight excluding hydrogens is 184 g/mol. The SMILES string of the molecule is C[C@@]12CO[C@H](CCc3ccccc3)[C@@H]1C2. The van der Waals surface area contributed by atoms with E-state index in [4.69, 9.17) is 4.74 Å². The fourth-order valence-corrected chi connectivity index (χ4v) is 2.84. The van der Waals surface area contributed by atoms with Gasteiger partial charge in [-0.15, -0.1) is 0 Å². The summed E-state index contributed by atoms with van der Waals surface area (Å²) in [6.07, 6.45) is 4.30. The van der Waals surface area contributed by atoms with Crippen LogP contribution in [-0.4, -0.2) is 12.7 Å². The van der Waals surface area contributed by atoms with Gasteiger partial charge in [0.25, 0.3) is 0 Å². The molecule has 2 aliphatic rings. The molecule has 0 unspecified atom stereocenters. The minimum Gasteiger partial charge on any atom is -0.377 e. The Hall–Kier alpha value is -0.820. The molecule has 3 rings (SSSR count). The third-order valence-corrected chi connectivity index (χ3v) is 4.06. The van der Waals surface area contributed by atoms with E-state index in [0.717, 1.165) is 18.9 Å². The molecule has 0 spiro atoms. The van der Waals surface area contributed by atoms with E-state index < -0.39 is 0 Å². The van der Waals surface area contributed by atoms with E-state index in [9.17, 15) is 0 Å². The number of fused-ring (bicyclic) bond motifs is 1. The Morgan fingerprint density at radius 2 is 2.13 bits per heavy atom. The summed E-state index contributed by atoms with van der Waals surface area (Å²) in [4.78, 5) is 0. The molecule has 0 aromatic heterocycles. The van der Waals surface area contributed by atoms with Crippen LogP contribution in [0.4, 0.5) is 0 Å². The highest BCUT2D eigenvalue weighted by atomic mass is 16.5. The molecule has 0 radical (unpaired) electrons. The maximum absolute atomic E-state index is 5.84. The Morgan fingerprint density at radius 1 is 1.33 bits per heavy atom. The Bertz CT molecular complexity index is 346. The van der Waals surface area contributed by atoms with Gasteiger partial charge in [0.05, 0.1) is 12.7 Å². The minimum atomic E-state index is 0.537. The van der Waals surface area contributed by atoms with E-state index in [1.807, 2.05) is 0 Å². The second kappa shape index (κ2) is 3.34. The lowest BCUT2D eigenvalue weighted by atomic mass is 10.0. The highest BCUT2D eigenvalue weighted by Crippen LogP contribution is 2.60. The first-order valence-electron chi connectivity index (χ1n) is 5.93. The van der Waals surface area contributed by atoms with Crippen LogP contribution in [0.5, 0.6) is 0 Å². The van der Waals surface area contributed by atoms with E-state index in [2.05, 4.69) is 37.3 Å². The summed E-state index contributed by atoms with van der Waals surface area (Å²) >= 11 is 0. The zero-order valence-corrected chi connectivity index (χ0v) is 9.28. The van der Waals surface area contributed by atoms with Crippen molar-refractivity contribution in [2.24, 2.45) is 11.3 Å². The zero-order valence-electron chi connectivity index (χ0n) is 9.28.